The minimum absolute atomic E-state index is 0.00669. The standard InChI is InChI=1S/C17H18N4O3/c1-11(2)14(10-21-18-7-8-19-21)20-16(22)13-9-12-5-3-4-6-15(12)24-17(13)23/h3-9,11,14H,10H2,1-2H3,(H,20,22). The summed E-state index contributed by atoms with van der Waals surface area (Å²) in [6.45, 7) is 4.39. The van der Waals surface area contributed by atoms with Crippen molar-refractivity contribution in [3.8, 4) is 0 Å². The van der Waals surface area contributed by atoms with Crippen molar-refractivity contribution in [2.24, 2.45) is 5.92 Å². The Bertz CT molecular complexity index is 900. The van der Waals surface area contributed by atoms with E-state index in [4.69, 9.17) is 4.42 Å². The van der Waals surface area contributed by atoms with E-state index in [1.165, 1.54) is 4.80 Å². The van der Waals surface area contributed by atoms with Gasteiger partial charge in [0.25, 0.3) is 5.91 Å². The SMILES string of the molecule is CC(C)C(Cn1nccn1)NC(=O)c1cc2ccccc2oc1=O. The number of rotatable bonds is 5. The van der Waals surface area contributed by atoms with E-state index in [0.717, 1.165) is 0 Å². The highest BCUT2D eigenvalue weighted by atomic mass is 16.4. The average molecular weight is 326 g/mol. The molecule has 0 fully saturated rings. The number of nitrogens with zero attached hydrogens (tertiary/aromatic N) is 3. The van der Waals surface area contributed by atoms with Crippen LogP contribution in [0.4, 0.5) is 0 Å². The van der Waals surface area contributed by atoms with Crippen LogP contribution >= 0.6 is 0 Å². The van der Waals surface area contributed by atoms with E-state index in [1.54, 1.807) is 36.7 Å². The first kappa shape index (κ1) is 15.9. The Hall–Kier alpha value is -2.96. The third kappa shape index (κ3) is 3.34. The van der Waals surface area contributed by atoms with Gasteiger partial charge in [-0.2, -0.15) is 15.0 Å². The Labute approximate surface area is 138 Å². The van der Waals surface area contributed by atoms with Crippen LogP contribution in [-0.2, 0) is 6.54 Å². The quantitative estimate of drug-likeness (QED) is 0.723. The molecule has 0 saturated heterocycles. The Morgan fingerprint density at radius 1 is 1.25 bits per heavy atom. The molecule has 1 aromatic carbocycles. The van der Waals surface area contributed by atoms with E-state index in [1.807, 2.05) is 19.9 Å². The van der Waals surface area contributed by atoms with E-state index in [0.29, 0.717) is 17.5 Å². The molecule has 0 aliphatic rings. The van der Waals surface area contributed by atoms with Gasteiger partial charge in [0.1, 0.15) is 11.1 Å². The van der Waals surface area contributed by atoms with Crippen molar-refractivity contribution in [3.63, 3.8) is 0 Å². The molecule has 0 bridgehead atoms. The van der Waals surface area contributed by atoms with E-state index in [-0.39, 0.29) is 17.5 Å². The summed E-state index contributed by atoms with van der Waals surface area (Å²) in [7, 11) is 0. The molecule has 7 nitrogen and oxygen atoms in total. The number of carbonyl (C=O) groups is 1. The molecule has 1 unspecified atom stereocenters. The van der Waals surface area contributed by atoms with Gasteiger partial charge in [-0.3, -0.25) is 4.79 Å². The van der Waals surface area contributed by atoms with Crippen molar-refractivity contribution in [2.75, 3.05) is 0 Å². The number of fused-ring (bicyclic) bond motifs is 1. The summed E-state index contributed by atoms with van der Waals surface area (Å²) in [6, 6.07) is 8.43. The first-order valence-electron chi connectivity index (χ1n) is 7.72. The fraction of sp³-hybridized carbons (Fsp3) is 0.294. The molecule has 7 heteroatoms. The summed E-state index contributed by atoms with van der Waals surface area (Å²) in [5.41, 5.74) is -0.195. The summed E-state index contributed by atoms with van der Waals surface area (Å²) in [5.74, 6) is -0.312. The molecule has 0 spiro atoms. The number of nitrogens with one attached hydrogen (secondary N) is 1. The van der Waals surface area contributed by atoms with Gasteiger partial charge < -0.3 is 9.73 Å². The van der Waals surface area contributed by atoms with Crippen LogP contribution in [0.1, 0.15) is 24.2 Å². The summed E-state index contributed by atoms with van der Waals surface area (Å²) in [4.78, 5) is 26.1. The van der Waals surface area contributed by atoms with E-state index < -0.39 is 11.5 Å². The third-order valence-corrected chi connectivity index (χ3v) is 3.83. The fourth-order valence-electron chi connectivity index (χ4n) is 2.40. The molecule has 0 aliphatic heterocycles. The van der Waals surface area contributed by atoms with Gasteiger partial charge in [-0.15, -0.1) is 0 Å². The van der Waals surface area contributed by atoms with Gasteiger partial charge in [-0.05, 0) is 18.1 Å². The van der Waals surface area contributed by atoms with Gasteiger partial charge in [0, 0.05) is 5.39 Å². The first-order chi connectivity index (χ1) is 11.5. The van der Waals surface area contributed by atoms with Crippen LogP contribution in [0.3, 0.4) is 0 Å². The molecule has 0 radical (unpaired) electrons. The number of aromatic nitrogens is 3. The van der Waals surface area contributed by atoms with Gasteiger partial charge in [0.2, 0.25) is 0 Å². The van der Waals surface area contributed by atoms with Gasteiger partial charge >= 0.3 is 5.63 Å². The van der Waals surface area contributed by atoms with Crippen LogP contribution in [0.15, 0.2) is 51.9 Å². The Balaban J connectivity index is 1.85. The van der Waals surface area contributed by atoms with E-state index >= 15 is 0 Å². The minimum atomic E-state index is -0.647. The Kier molecular flexibility index (Phi) is 4.41. The minimum Gasteiger partial charge on any atom is -0.422 e. The lowest BCUT2D eigenvalue weighted by atomic mass is 10.0. The zero-order valence-corrected chi connectivity index (χ0v) is 13.5. The molecule has 2 heterocycles. The number of hydrogen-bond acceptors (Lipinski definition) is 5. The highest BCUT2D eigenvalue weighted by molar-refractivity contribution is 5.96. The second-order valence-corrected chi connectivity index (χ2v) is 5.89. The lowest BCUT2D eigenvalue weighted by molar-refractivity contribution is 0.0914. The fourth-order valence-corrected chi connectivity index (χ4v) is 2.40. The van der Waals surface area contributed by atoms with Gasteiger partial charge in [0.05, 0.1) is 25.0 Å². The zero-order chi connectivity index (χ0) is 17.1. The summed E-state index contributed by atoms with van der Waals surface area (Å²) >= 11 is 0. The van der Waals surface area contributed by atoms with Gasteiger partial charge in [-0.25, -0.2) is 4.79 Å². The Morgan fingerprint density at radius 3 is 2.67 bits per heavy atom. The number of carbonyl (C=O) groups excluding carboxylic acids is 1. The predicted octanol–water partition coefficient (Wildman–Crippen LogP) is 1.84. The van der Waals surface area contributed by atoms with Crippen molar-refractivity contribution in [3.05, 3.63) is 58.7 Å². The van der Waals surface area contributed by atoms with Crippen molar-refractivity contribution in [2.45, 2.75) is 26.4 Å². The first-order valence-corrected chi connectivity index (χ1v) is 7.72. The smallest absolute Gasteiger partial charge is 0.349 e. The maximum atomic E-state index is 12.5. The van der Waals surface area contributed by atoms with Crippen LogP contribution < -0.4 is 10.9 Å². The largest absolute Gasteiger partial charge is 0.422 e. The maximum Gasteiger partial charge on any atom is 0.349 e. The second-order valence-electron chi connectivity index (χ2n) is 5.89. The van der Waals surface area contributed by atoms with E-state index in [9.17, 15) is 9.59 Å². The van der Waals surface area contributed by atoms with Crippen molar-refractivity contribution >= 4 is 16.9 Å². The normalized spacial score (nSPS) is 12.5. The van der Waals surface area contributed by atoms with E-state index in [2.05, 4.69) is 15.5 Å². The van der Waals surface area contributed by atoms with Crippen molar-refractivity contribution in [1.82, 2.24) is 20.3 Å². The molecule has 3 aromatic rings. The van der Waals surface area contributed by atoms with Crippen molar-refractivity contribution < 1.29 is 9.21 Å². The Morgan fingerprint density at radius 2 is 1.96 bits per heavy atom. The molecular formula is C17H18N4O3. The maximum absolute atomic E-state index is 12.5. The lowest BCUT2D eigenvalue weighted by Crippen LogP contribution is -2.43. The van der Waals surface area contributed by atoms with Crippen LogP contribution in [-0.4, -0.2) is 26.9 Å². The summed E-state index contributed by atoms with van der Waals surface area (Å²) < 4.78 is 5.22. The predicted molar refractivity (Wildman–Crippen MR) is 88.6 cm³/mol. The third-order valence-electron chi connectivity index (χ3n) is 3.83. The van der Waals surface area contributed by atoms with Crippen LogP contribution in [0, 0.1) is 5.92 Å². The molecule has 1 amide bonds. The molecule has 0 saturated carbocycles. The van der Waals surface area contributed by atoms with Gasteiger partial charge in [-0.1, -0.05) is 32.0 Å². The topological polar surface area (TPSA) is 90.0 Å². The molecule has 24 heavy (non-hydrogen) atoms. The monoisotopic (exact) mass is 326 g/mol. The van der Waals surface area contributed by atoms with Crippen LogP contribution in [0.2, 0.25) is 0 Å². The number of para-hydroxylation sites is 1. The molecule has 2 aromatic heterocycles. The molecule has 124 valence electrons. The van der Waals surface area contributed by atoms with Crippen LogP contribution in [0.5, 0.6) is 0 Å². The van der Waals surface area contributed by atoms with Crippen molar-refractivity contribution in [1.29, 1.82) is 0 Å². The average Bonchev–Trinajstić information content (AvgIpc) is 3.06. The number of amides is 1. The highest BCUT2D eigenvalue weighted by Gasteiger charge is 2.21. The number of benzene rings is 1. The molecule has 3 rings (SSSR count). The zero-order valence-electron chi connectivity index (χ0n) is 13.5. The summed E-state index contributed by atoms with van der Waals surface area (Å²) in [6.07, 6.45) is 3.16. The second kappa shape index (κ2) is 6.66. The summed E-state index contributed by atoms with van der Waals surface area (Å²) in [5, 5.41) is 11.7. The molecule has 1 atom stereocenters. The molecular weight excluding hydrogens is 308 g/mol. The van der Waals surface area contributed by atoms with Crippen LogP contribution in [0.25, 0.3) is 11.0 Å². The highest BCUT2D eigenvalue weighted by Crippen LogP contribution is 2.13. The molecule has 1 N–H and O–H groups in total. The molecule has 0 aliphatic carbocycles. The van der Waals surface area contributed by atoms with Gasteiger partial charge in [0.15, 0.2) is 0 Å². The lowest BCUT2D eigenvalue weighted by Gasteiger charge is -2.21. The number of hydrogen-bond donors (Lipinski definition) is 1.